The molecule has 7 heteroatoms. The van der Waals surface area contributed by atoms with Crippen molar-refractivity contribution in [3.63, 3.8) is 0 Å². The van der Waals surface area contributed by atoms with Crippen LogP contribution in [0.4, 0.5) is 4.79 Å². The van der Waals surface area contributed by atoms with Gasteiger partial charge in [0, 0.05) is 17.1 Å². The first-order valence-electron chi connectivity index (χ1n) is 6.81. The van der Waals surface area contributed by atoms with E-state index in [9.17, 15) is 14.7 Å². The molecule has 1 aromatic heterocycles. The summed E-state index contributed by atoms with van der Waals surface area (Å²) in [5, 5.41) is 14.8. The van der Waals surface area contributed by atoms with Crippen LogP contribution in [0, 0.1) is 5.92 Å². The molecular weight excluding hydrogens is 278 g/mol. The Morgan fingerprint density at radius 1 is 1.35 bits per heavy atom. The molecule has 1 saturated carbocycles. The molecule has 0 saturated heterocycles. The van der Waals surface area contributed by atoms with E-state index in [0.29, 0.717) is 13.0 Å². The molecular formula is C13H19N3O3S. The zero-order chi connectivity index (χ0) is 14.4. The third-order valence-corrected chi connectivity index (χ3v) is 4.34. The van der Waals surface area contributed by atoms with E-state index in [1.165, 1.54) is 11.3 Å². The van der Waals surface area contributed by atoms with Crippen LogP contribution in [0.25, 0.3) is 0 Å². The molecule has 0 radical (unpaired) electrons. The average Bonchev–Trinajstić information content (AvgIpc) is 2.82. The van der Waals surface area contributed by atoms with Crippen molar-refractivity contribution >= 4 is 23.3 Å². The minimum Gasteiger partial charge on any atom is -0.481 e. The molecule has 0 bridgehead atoms. The molecule has 1 aliphatic carbocycles. The highest BCUT2D eigenvalue weighted by Crippen LogP contribution is 2.23. The number of amides is 2. The molecule has 0 aromatic carbocycles. The Hall–Kier alpha value is -1.63. The number of hydrogen-bond acceptors (Lipinski definition) is 4. The van der Waals surface area contributed by atoms with Gasteiger partial charge in [0.15, 0.2) is 0 Å². The lowest BCUT2D eigenvalue weighted by molar-refractivity contribution is -0.142. The molecule has 20 heavy (non-hydrogen) atoms. The second kappa shape index (κ2) is 7.23. The molecule has 110 valence electrons. The Labute approximate surface area is 121 Å². The molecule has 0 aliphatic heterocycles. The van der Waals surface area contributed by atoms with Crippen LogP contribution >= 0.6 is 11.3 Å². The monoisotopic (exact) mass is 297 g/mol. The highest BCUT2D eigenvalue weighted by molar-refractivity contribution is 7.09. The second-order valence-electron chi connectivity index (χ2n) is 4.98. The lowest BCUT2D eigenvalue weighted by Gasteiger charge is -2.22. The smallest absolute Gasteiger partial charge is 0.315 e. The summed E-state index contributed by atoms with van der Waals surface area (Å²) in [5.74, 6) is -1.30. The normalized spacial score (nSPS) is 22.8. The van der Waals surface area contributed by atoms with Crippen molar-refractivity contribution in [2.45, 2.75) is 44.7 Å². The fourth-order valence-electron chi connectivity index (χ4n) is 2.49. The van der Waals surface area contributed by atoms with Crippen LogP contribution in [-0.2, 0) is 11.3 Å². The second-order valence-corrected chi connectivity index (χ2v) is 5.95. The van der Waals surface area contributed by atoms with Gasteiger partial charge in [-0.3, -0.25) is 9.78 Å². The van der Waals surface area contributed by atoms with E-state index in [1.807, 2.05) is 0 Å². The van der Waals surface area contributed by atoms with Gasteiger partial charge in [-0.1, -0.05) is 19.3 Å². The van der Waals surface area contributed by atoms with Gasteiger partial charge < -0.3 is 15.7 Å². The van der Waals surface area contributed by atoms with Crippen molar-refractivity contribution in [3.8, 4) is 0 Å². The van der Waals surface area contributed by atoms with E-state index < -0.39 is 11.9 Å². The first-order chi connectivity index (χ1) is 9.66. The predicted molar refractivity (Wildman–Crippen MR) is 75.5 cm³/mol. The molecule has 2 unspecified atom stereocenters. The zero-order valence-electron chi connectivity index (χ0n) is 11.2. The van der Waals surface area contributed by atoms with Crippen LogP contribution in [-0.4, -0.2) is 28.1 Å². The quantitative estimate of drug-likeness (QED) is 0.741. The van der Waals surface area contributed by atoms with E-state index in [2.05, 4.69) is 15.6 Å². The number of urea groups is 1. The standard InChI is InChI=1S/C13H19N3O3S/c17-12(18)10-4-2-1-3-5-11(10)16-13(19)15-7-9-6-14-8-20-9/h6,8,10-11H,1-5,7H2,(H,17,18)(H2,15,16,19). The SMILES string of the molecule is O=C(NCc1cncs1)NC1CCCCCC1C(=O)O. The molecule has 1 heterocycles. The summed E-state index contributed by atoms with van der Waals surface area (Å²) in [5.41, 5.74) is 1.71. The Bertz CT molecular complexity index is 450. The van der Waals surface area contributed by atoms with Crippen LogP contribution in [0.5, 0.6) is 0 Å². The summed E-state index contributed by atoms with van der Waals surface area (Å²) in [4.78, 5) is 28.0. The largest absolute Gasteiger partial charge is 0.481 e. The molecule has 6 nitrogen and oxygen atoms in total. The number of hydrogen-bond donors (Lipinski definition) is 3. The van der Waals surface area contributed by atoms with Crippen molar-refractivity contribution in [2.75, 3.05) is 0 Å². The van der Waals surface area contributed by atoms with E-state index in [0.717, 1.165) is 30.6 Å². The highest BCUT2D eigenvalue weighted by Gasteiger charge is 2.30. The number of aliphatic carboxylic acids is 1. The Kier molecular flexibility index (Phi) is 5.34. The van der Waals surface area contributed by atoms with Crippen molar-refractivity contribution in [1.82, 2.24) is 15.6 Å². The number of aromatic nitrogens is 1. The summed E-state index contributed by atoms with van der Waals surface area (Å²) in [6, 6.07) is -0.590. The first-order valence-corrected chi connectivity index (χ1v) is 7.69. The number of carboxylic acids is 1. The van der Waals surface area contributed by atoms with Crippen molar-refractivity contribution in [2.24, 2.45) is 5.92 Å². The molecule has 2 amide bonds. The minimum atomic E-state index is -0.820. The molecule has 2 rings (SSSR count). The Balaban J connectivity index is 1.85. The van der Waals surface area contributed by atoms with Gasteiger partial charge in [-0.25, -0.2) is 4.79 Å². The van der Waals surface area contributed by atoms with Gasteiger partial charge in [0.2, 0.25) is 0 Å². The van der Waals surface area contributed by atoms with Gasteiger partial charge in [0.1, 0.15) is 0 Å². The Morgan fingerprint density at radius 3 is 2.85 bits per heavy atom. The van der Waals surface area contributed by atoms with Crippen molar-refractivity contribution in [3.05, 3.63) is 16.6 Å². The number of carbonyl (C=O) groups excluding carboxylic acids is 1. The van der Waals surface area contributed by atoms with Crippen molar-refractivity contribution in [1.29, 1.82) is 0 Å². The number of carboxylic acid groups (broad SMARTS) is 1. The fourth-order valence-corrected chi connectivity index (χ4v) is 3.03. The summed E-state index contributed by atoms with van der Waals surface area (Å²) >= 11 is 1.47. The van der Waals surface area contributed by atoms with E-state index in [1.54, 1.807) is 11.7 Å². The molecule has 0 spiro atoms. The lowest BCUT2D eigenvalue weighted by atomic mass is 9.95. The number of nitrogens with one attached hydrogen (secondary N) is 2. The third-order valence-electron chi connectivity index (χ3n) is 3.56. The van der Waals surface area contributed by atoms with E-state index in [4.69, 9.17) is 0 Å². The van der Waals surface area contributed by atoms with Gasteiger partial charge in [-0.15, -0.1) is 11.3 Å². The molecule has 1 fully saturated rings. The molecule has 1 aromatic rings. The average molecular weight is 297 g/mol. The summed E-state index contributed by atoms with van der Waals surface area (Å²) in [7, 11) is 0. The summed E-state index contributed by atoms with van der Waals surface area (Å²) < 4.78 is 0. The van der Waals surface area contributed by atoms with Gasteiger partial charge in [0.25, 0.3) is 0 Å². The summed E-state index contributed by atoms with van der Waals surface area (Å²) in [6.45, 7) is 0.418. The predicted octanol–water partition coefficient (Wildman–Crippen LogP) is 1.98. The van der Waals surface area contributed by atoms with Crippen LogP contribution in [0.3, 0.4) is 0 Å². The maximum absolute atomic E-state index is 11.9. The van der Waals surface area contributed by atoms with Crippen LogP contribution < -0.4 is 10.6 Å². The minimum absolute atomic E-state index is 0.281. The van der Waals surface area contributed by atoms with E-state index >= 15 is 0 Å². The third kappa shape index (κ3) is 4.19. The Morgan fingerprint density at radius 2 is 2.15 bits per heavy atom. The van der Waals surface area contributed by atoms with Crippen LogP contribution in [0.15, 0.2) is 11.7 Å². The van der Waals surface area contributed by atoms with Crippen LogP contribution in [0.2, 0.25) is 0 Å². The fraction of sp³-hybridized carbons (Fsp3) is 0.615. The summed E-state index contributed by atoms with van der Waals surface area (Å²) in [6.07, 6.45) is 5.97. The molecule has 3 N–H and O–H groups in total. The van der Waals surface area contributed by atoms with Gasteiger partial charge >= 0.3 is 12.0 Å². The molecule has 2 atom stereocenters. The van der Waals surface area contributed by atoms with Gasteiger partial charge in [-0.2, -0.15) is 0 Å². The van der Waals surface area contributed by atoms with E-state index in [-0.39, 0.29) is 12.1 Å². The van der Waals surface area contributed by atoms with Gasteiger partial charge in [0.05, 0.1) is 18.0 Å². The number of nitrogens with zero attached hydrogens (tertiary/aromatic N) is 1. The molecule has 1 aliphatic rings. The first kappa shape index (κ1) is 14.8. The maximum Gasteiger partial charge on any atom is 0.315 e. The lowest BCUT2D eigenvalue weighted by Crippen LogP contribution is -2.46. The highest BCUT2D eigenvalue weighted by atomic mass is 32.1. The van der Waals surface area contributed by atoms with Crippen molar-refractivity contribution < 1.29 is 14.7 Å². The maximum atomic E-state index is 11.9. The van der Waals surface area contributed by atoms with Gasteiger partial charge in [-0.05, 0) is 12.8 Å². The number of carbonyl (C=O) groups is 2. The van der Waals surface area contributed by atoms with Crippen LogP contribution in [0.1, 0.15) is 37.0 Å². The number of rotatable bonds is 4. The topological polar surface area (TPSA) is 91.3 Å². The number of thiazole rings is 1. The zero-order valence-corrected chi connectivity index (χ0v) is 12.0.